The topological polar surface area (TPSA) is 47.4 Å². The van der Waals surface area contributed by atoms with Gasteiger partial charge in [-0.2, -0.15) is 5.10 Å². The SMILES string of the molecule is O=C(c1csc2c1CCCC2)N1CCCO[C@@H](Cn2cccn2)C1. The molecule has 1 fully saturated rings. The molecule has 0 spiro atoms. The summed E-state index contributed by atoms with van der Waals surface area (Å²) in [4.78, 5) is 16.5. The Hall–Kier alpha value is -1.66. The molecule has 2 aromatic heterocycles. The van der Waals surface area contributed by atoms with E-state index in [0.29, 0.717) is 19.7 Å². The molecule has 128 valence electrons. The predicted octanol–water partition coefficient (Wildman–Crippen LogP) is 2.75. The van der Waals surface area contributed by atoms with Crippen molar-refractivity contribution in [2.24, 2.45) is 0 Å². The number of rotatable bonds is 3. The van der Waals surface area contributed by atoms with Gasteiger partial charge in [0, 0.05) is 42.3 Å². The summed E-state index contributed by atoms with van der Waals surface area (Å²) in [6, 6.07) is 1.91. The van der Waals surface area contributed by atoms with Gasteiger partial charge in [0.2, 0.25) is 0 Å². The van der Waals surface area contributed by atoms with Crippen LogP contribution in [0.3, 0.4) is 0 Å². The molecule has 0 saturated carbocycles. The van der Waals surface area contributed by atoms with Crippen LogP contribution < -0.4 is 0 Å². The van der Waals surface area contributed by atoms with Crippen LogP contribution >= 0.6 is 11.3 Å². The third-order valence-corrected chi connectivity index (χ3v) is 5.97. The molecule has 0 N–H and O–H groups in total. The van der Waals surface area contributed by atoms with Crippen LogP contribution in [-0.2, 0) is 24.1 Å². The van der Waals surface area contributed by atoms with Crippen molar-refractivity contribution in [1.82, 2.24) is 14.7 Å². The molecule has 0 unspecified atom stereocenters. The molecular weight excluding hydrogens is 322 g/mol. The molecular formula is C18H23N3O2S. The third-order valence-electron chi connectivity index (χ3n) is 4.88. The molecule has 3 heterocycles. The highest BCUT2D eigenvalue weighted by molar-refractivity contribution is 7.10. The highest BCUT2D eigenvalue weighted by atomic mass is 32.1. The number of nitrogens with zero attached hydrogens (tertiary/aromatic N) is 3. The van der Waals surface area contributed by atoms with Gasteiger partial charge in [0.05, 0.1) is 18.2 Å². The van der Waals surface area contributed by atoms with Gasteiger partial charge in [-0.15, -0.1) is 11.3 Å². The van der Waals surface area contributed by atoms with Gasteiger partial charge in [-0.05, 0) is 43.7 Å². The van der Waals surface area contributed by atoms with Crippen molar-refractivity contribution < 1.29 is 9.53 Å². The fourth-order valence-electron chi connectivity index (χ4n) is 3.65. The quantitative estimate of drug-likeness (QED) is 0.859. The van der Waals surface area contributed by atoms with Crippen LogP contribution in [0.1, 0.15) is 40.1 Å². The second-order valence-electron chi connectivity index (χ2n) is 6.58. The third kappa shape index (κ3) is 3.26. The van der Waals surface area contributed by atoms with Gasteiger partial charge >= 0.3 is 0 Å². The molecule has 6 heteroatoms. The second-order valence-corrected chi connectivity index (χ2v) is 7.55. The van der Waals surface area contributed by atoms with Crippen molar-refractivity contribution in [2.75, 3.05) is 19.7 Å². The number of thiophene rings is 1. The summed E-state index contributed by atoms with van der Waals surface area (Å²) in [5.41, 5.74) is 2.25. The summed E-state index contributed by atoms with van der Waals surface area (Å²) < 4.78 is 7.81. The largest absolute Gasteiger partial charge is 0.374 e. The molecule has 0 aromatic carbocycles. The van der Waals surface area contributed by atoms with E-state index >= 15 is 0 Å². The van der Waals surface area contributed by atoms with Gasteiger partial charge in [0.1, 0.15) is 0 Å². The van der Waals surface area contributed by atoms with Crippen molar-refractivity contribution in [3.63, 3.8) is 0 Å². The first-order chi connectivity index (χ1) is 11.8. The minimum atomic E-state index is 0.00538. The summed E-state index contributed by atoms with van der Waals surface area (Å²) in [6.45, 7) is 2.82. The van der Waals surface area contributed by atoms with Crippen LogP contribution in [0.4, 0.5) is 0 Å². The number of amides is 1. The highest BCUT2D eigenvalue weighted by Crippen LogP contribution is 2.31. The zero-order valence-corrected chi connectivity index (χ0v) is 14.6. The van der Waals surface area contributed by atoms with E-state index in [1.165, 1.54) is 23.3 Å². The lowest BCUT2D eigenvalue weighted by atomic mass is 9.95. The molecule has 0 bridgehead atoms. The summed E-state index contributed by atoms with van der Waals surface area (Å²) in [7, 11) is 0. The Morgan fingerprint density at radius 3 is 3.12 bits per heavy atom. The number of carbonyl (C=O) groups is 1. The molecule has 1 saturated heterocycles. The first-order valence-electron chi connectivity index (χ1n) is 8.79. The van der Waals surface area contributed by atoms with Crippen LogP contribution in [-0.4, -0.2) is 46.4 Å². The fraction of sp³-hybridized carbons (Fsp3) is 0.556. The average Bonchev–Trinajstić information content (AvgIpc) is 3.20. The van der Waals surface area contributed by atoms with E-state index in [1.54, 1.807) is 17.5 Å². The lowest BCUT2D eigenvalue weighted by molar-refractivity contribution is 0.0367. The molecule has 5 nitrogen and oxygen atoms in total. The standard InChI is InChI=1S/C18H23N3O2S/c22-18(16-13-24-17-6-2-1-5-15(16)17)20-8-4-10-23-14(11-20)12-21-9-3-7-19-21/h3,7,9,13-14H,1-2,4-6,8,10-12H2/t14-/m1/s1. The maximum absolute atomic E-state index is 13.1. The Labute approximate surface area is 146 Å². The minimum Gasteiger partial charge on any atom is -0.374 e. The highest BCUT2D eigenvalue weighted by Gasteiger charge is 2.27. The fourth-order valence-corrected chi connectivity index (χ4v) is 4.77. The van der Waals surface area contributed by atoms with Crippen molar-refractivity contribution in [1.29, 1.82) is 0 Å². The lowest BCUT2D eigenvalue weighted by Gasteiger charge is -2.24. The molecule has 4 rings (SSSR count). The Morgan fingerprint density at radius 1 is 1.33 bits per heavy atom. The molecule has 1 amide bonds. The Kier molecular flexibility index (Phi) is 4.67. The second kappa shape index (κ2) is 7.07. The van der Waals surface area contributed by atoms with E-state index in [2.05, 4.69) is 10.5 Å². The number of carbonyl (C=O) groups excluding carboxylic acids is 1. The first-order valence-corrected chi connectivity index (χ1v) is 9.67. The summed E-state index contributed by atoms with van der Waals surface area (Å²) in [5, 5.41) is 6.33. The summed E-state index contributed by atoms with van der Waals surface area (Å²) >= 11 is 1.76. The minimum absolute atomic E-state index is 0.00538. The number of ether oxygens (including phenoxy) is 1. The van der Waals surface area contributed by atoms with E-state index in [4.69, 9.17) is 4.74 Å². The van der Waals surface area contributed by atoms with Gasteiger partial charge in [-0.3, -0.25) is 9.48 Å². The lowest BCUT2D eigenvalue weighted by Crippen LogP contribution is -2.38. The monoisotopic (exact) mass is 345 g/mol. The van der Waals surface area contributed by atoms with Crippen LogP contribution in [0.25, 0.3) is 0 Å². The van der Waals surface area contributed by atoms with Gasteiger partial charge in [-0.25, -0.2) is 0 Å². The van der Waals surface area contributed by atoms with Crippen molar-refractivity contribution >= 4 is 17.2 Å². The smallest absolute Gasteiger partial charge is 0.255 e. The number of aryl methyl sites for hydroxylation is 1. The predicted molar refractivity (Wildman–Crippen MR) is 93.4 cm³/mol. The van der Waals surface area contributed by atoms with E-state index < -0.39 is 0 Å². The number of hydrogen-bond acceptors (Lipinski definition) is 4. The number of fused-ring (bicyclic) bond motifs is 1. The van der Waals surface area contributed by atoms with Crippen molar-refractivity contribution in [2.45, 2.75) is 44.8 Å². The maximum atomic E-state index is 13.1. The van der Waals surface area contributed by atoms with E-state index in [1.807, 2.05) is 21.8 Å². The first kappa shape index (κ1) is 15.8. The van der Waals surface area contributed by atoms with Crippen LogP contribution in [0.2, 0.25) is 0 Å². The molecule has 0 radical (unpaired) electrons. The van der Waals surface area contributed by atoms with Crippen LogP contribution in [0.5, 0.6) is 0 Å². The zero-order chi connectivity index (χ0) is 16.4. The van der Waals surface area contributed by atoms with Crippen LogP contribution in [0.15, 0.2) is 23.8 Å². The van der Waals surface area contributed by atoms with Gasteiger partial charge < -0.3 is 9.64 Å². The Bertz CT molecular complexity index is 695. The molecule has 2 aliphatic rings. The van der Waals surface area contributed by atoms with Crippen LogP contribution in [0, 0.1) is 0 Å². The van der Waals surface area contributed by atoms with Gasteiger partial charge in [-0.1, -0.05) is 0 Å². The zero-order valence-electron chi connectivity index (χ0n) is 13.8. The van der Waals surface area contributed by atoms with E-state index in [-0.39, 0.29) is 12.0 Å². The van der Waals surface area contributed by atoms with E-state index in [9.17, 15) is 4.79 Å². The Morgan fingerprint density at radius 2 is 2.25 bits per heavy atom. The Balaban J connectivity index is 1.49. The normalized spacial score (nSPS) is 21.3. The van der Waals surface area contributed by atoms with E-state index in [0.717, 1.165) is 31.4 Å². The molecule has 24 heavy (non-hydrogen) atoms. The van der Waals surface area contributed by atoms with Crippen molar-refractivity contribution in [3.05, 3.63) is 39.8 Å². The number of aromatic nitrogens is 2. The summed E-state index contributed by atoms with van der Waals surface area (Å²) in [5.74, 6) is 0.186. The summed E-state index contributed by atoms with van der Waals surface area (Å²) in [6.07, 6.45) is 9.27. The molecule has 1 atom stereocenters. The van der Waals surface area contributed by atoms with Gasteiger partial charge in [0.15, 0.2) is 0 Å². The van der Waals surface area contributed by atoms with Crippen molar-refractivity contribution in [3.8, 4) is 0 Å². The maximum Gasteiger partial charge on any atom is 0.255 e. The average molecular weight is 345 g/mol. The molecule has 1 aliphatic carbocycles. The molecule has 1 aliphatic heterocycles. The number of hydrogen-bond donors (Lipinski definition) is 0. The van der Waals surface area contributed by atoms with Gasteiger partial charge in [0.25, 0.3) is 5.91 Å². The molecule has 2 aromatic rings.